The van der Waals surface area contributed by atoms with Crippen molar-refractivity contribution in [2.24, 2.45) is 0 Å². The van der Waals surface area contributed by atoms with Gasteiger partial charge in [0.1, 0.15) is 0 Å². The number of thiophene rings is 1. The molecule has 134 valence electrons. The van der Waals surface area contributed by atoms with E-state index < -0.39 is 16.1 Å². The minimum Gasteiger partial charge on any atom is -0.453 e. The molecule has 2 aromatic rings. The van der Waals surface area contributed by atoms with E-state index in [2.05, 4.69) is 26.9 Å². The van der Waals surface area contributed by atoms with Crippen molar-refractivity contribution < 1.29 is 17.9 Å². The first-order valence-corrected chi connectivity index (χ1v) is 10.4. The molecule has 0 atom stereocenters. The van der Waals surface area contributed by atoms with Crippen LogP contribution in [0.15, 0.2) is 46.0 Å². The number of methoxy groups -OCH3 is 1. The summed E-state index contributed by atoms with van der Waals surface area (Å²) >= 11 is 1.67. The molecule has 1 aliphatic rings. The van der Waals surface area contributed by atoms with Gasteiger partial charge < -0.3 is 4.74 Å². The second-order valence-electron chi connectivity index (χ2n) is 5.88. The Labute approximate surface area is 151 Å². The van der Waals surface area contributed by atoms with Crippen LogP contribution in [0.3, 0.4) is 0 Å². The highest BCUT2D eigenvalue weighted by atomic mass is 32.2. The van der Waals surface area contributed by atoms with Crippen LogP contribution >= 0.6 is 11.3 Å². The van der Waals surface area contributed by atoms with Gasteiger partial charge in [-0.3, -0.25) is 5.32 Å². The lowest BCUT2D eigenvalue weighted by molar-refractivity contribution is 0.187. The van der Waals surface area contributed by atoms with E-state index in [9.17, 15) is 13.2 Å². The molecule has 1 amide bonds. The van der Waals surface area contributed by atoms with E-state index in [1.165, 1.54) is 24.8 Å². The molecule has 1 aliphatic heterocycles. The van der Waals surface area contributed by atoms with E-state index in [4.69, 9.17) is 0 Å². The average Bonchev–Trinajstić information content (AvgIpc) is 3.17. The number of carbonyl (C=O) groups is 1. The summed E-state index contributed by atoms with van der Waals surface area (Å²) in [6.07, 6.45) is 1.07. The third-order valence-corrected chi connectivity index (χ3v) is 7.01. The highest BCUT2D eigenvalue weighted by Gasteiger charge is 2.30. The minimum absolute atomic E-state index is 0.233. The molecule has 1 aromatic heterocycles. The quantitative estimate of drug-likeness (QED) is 0.881. The van der Waals surface area contributed by atoms with Gasteiger partial charge in [0.15, 0.2) is 0 Å². The van der Waals surface area contributed by atoms with Gasteiger partial charge in [0.25, 0.3) is 0 Å². The van der Waals surface area contributed by atoms with Crippen molar-refractivity contribution in [2.45, 2.75) is 23.7 Å². The zero-order valence-electron chi connectivity index (χ0n) is 13.8. The molecule has 0 aliphatic carbocycles. The van der Waals surface area contributed by atoms with E-state index in [0.717, 1.165) is 12.8 Å². The van der Waals surface area contributed by atoms with Gasteiger partial charge in [-0.15, -0.1) is 0 Å². The van der Waals surface area contributed by atoms with E-state index in [1.54, 1.807) is 27.8 Å². The maximum absolute atomic E-state index is 12.8. The predicted octanol–water partition coefficient (Wildman–Crippen LogP) is 3.49. The Kier molecular flexibility index (Phi) is 5.41. The molecular formula is C17H20N2O4S2. The molecule has 6 nitrogen and oxygen atoms in total. The molecule has 0 spiro atoms. The smallest absolute Gasteiger partial charge is 0.411 e. The van der Waals surface area contributed by atoms with Gasteiger partial charge in [0.2, 0.25) is 10.0 Å². The van der Waals surface area contributed by atoms with Gasteiger partial charge >= 0.3 is 6.09 Å². The number of benzene rings is 1. The Morgan fingerprint density at radius 2 is 1.88 bits per heavy atom. The zero-order chi connectivity index (χ0) is 17.9. The molecule has 0 unspecified atom stereocenters. The fourth-order valence-corrected chi connectivity index (χ4v) is 5.18. The summed E-state index contributed by atoms with van der Waals surface area (Å²) in [6, 6.07) is 8.24. The van der Waals surface area contributed by atoms with E-state index in [0.29, 0.717) is 24.7 Å². The van der Waals surface area contributed by atoms with Crippen LogP contribution in [0, 0.1) is 0 Å². The van der Waals surface area contributed by atoms with Gasteiger partial charge in [-0.1, -0.05) is 0 Å². The molecule has 2 heterocycles. The van der Waals surface area contributed by atoms with E-state index in [1.807, 2.05) is 0 Å². The first-order valence-electron chi connectivity index (χ1n) is 7.98. The summed E-state index contributed by atoms with van der Waals surface area (Å²) in [5.74, 6) is 0.435. The Hall–Kier alpha value is -1.90. The molecular weight excluding hydrogens is 360 g/mol. The van der Waals surface area contributed by atoms with Crippen molar-refractivity contribution in [3.63, 3.8) is 0 Å². The lowest BCUT2D eigenvalue weighted by Crippen LogP contribution is -2.37. The molecule has 1 saturated heterocycles. The van der Waals surface area contributed by atoms with Crippen LogP contribution in [0.5, 0.6) is 0 Å². The lowest BCUT2D eigenvalue weighted by Gasteiger charge is -2.31. The highest BCUT2D eigenvalue weighted by molar-refractivity contribution is 7.89. The maximum Gasteiger partial charge on any atom is 0.411 e. The van der Waals surface area contributed by atoms with Crippen LogP contribution in [0.2, 0.25) is 0 Å². The van der Waals surface area contributed by atoms with Crippen molar-refractivity contribution in [3.05, 3.63) is 46.7 Å². The standard InChI is InChI=1S/C17H20N2O4S2/c1-23-17(20)18-15-2-4-16(5-3-15)25(21,22)19-9-6-13(7-10-19)14-8-11-24-12-14/h2-5,8,11-13H,6-7,9-10H2,1H3,(H,18,20). The SMILES string of the molecule is COC(=O)Nc1ccc(S(=O)(=O)N2CCC(c3ccsc3)CC2)cc1. The maximum atomic E-state index is 12.8. The Bertz CT molecular complexity index is 809. The summed E-state index contributed by atoms with van der Waals surface area (Å²) in [7, 11) is -2.24. The predicted molar refractivity (Wildman–Crippen MR) is 97.5 cm³/mol. The second-order valence-corrected chi connectivity index (χ2v) is 8.59. The summed E-state index contributed by atoms with van der Waals surface area (Å²) in [5.41, 5.74) is 1.79. The zero-order valence-corrected chi connectivity index (χ0v) is 15.5. The number of piperidine rings is 1. The van der Waals surface area contributed by atoms with Crippen molar-refractivity contribution in [1.29, 1.82) is 0 Å². The van der Waals surface area contributed by atoms with Gasteiger partial charge in [-0.2, -0.15) is 15.6 Å². The molecule has 1 fully saturated rings. The molecule has 3 rings (SSSR count). The molecule has 1 aromatic carbocycles. The van der Waals surface area contributed by atoms with E-state index >= 15 is 0 Å². The fraction of sp³-hybridized carbons (Fsp3) is 0.353. The second kappa shape index (κ2) is 7.55. The van der Waals surface area contributed by atoms with Crippen LogP contribution in [0.25, 0.3) is 0 Å². The molecule has 25 heavy (non-hydrogen) atoms. The third kappa shape index (κ3) is 4.02. The summed E-state index contributed by atoms with van der Waals surface area (Å²) in [5, 5.41) is 6.70. The Morgan fingerprint density at radius 1 is 1.20 bits per heavy atom. The number of anilines is 1. The number of sulfonamides is 1. The first-order chi connectivity index (χ1) is 12.0. The first kappa shape index (κ1) is 17.9. The number of ether oxygens (including phenoxy) is 1. The molecule has 0 bridgehead atoms. The van der Waals surface area contributed by atoms with Crippen molar-refractivity contribution >= 4 is 33.1 Å². The largest absolute Gasteiger partial charge is 0.453 e. The number of carbonyl (C=O) groups excluding carboxylic acids is 1. The third-order valence-electron chi connectivity index (χ3n) is 4.39. The van der Waals surface area contributed by atoms with E-state index in [-0.39, 0.29) is 4.90 Å². The Morgan fingerprint density at radius 3 is 2.44 bits per heavy atom. The highest BCUT2D eigenvalue weighted by Crippen LogP contribution is 2.31. The molecule has 0 radical (unpaired) electrons. The number of amides is 1. The topological polar surface area (TPSA) is 75.7 Å². The van der Waals surface area contributed by atoms with Crippen LogP contribution in [0.4, 0.5) is 10.5 Å². The Balaban J connectivity index is 1.66. The molecule has 8 heteroatoms. The van der Waals surface area contributed by atoms with Gasteiger partial charge in [0, 0.05) is 18.8 Å². The summed E-state index contributed by atoms with van der Waals surface area (Å²) in [6.45, 7) is 1.04. The van der Waals surface area contributed by atoms with Gasteiger partial charge in [-0.25, -0.2) is 13.2 Å². The summed E-state index contributed by atoms with van der Waals surface area (Å²) in [4.78, 5) is 11.4. The minimum atomic E-state index is -3.51. The monoisotopic (exact) mass is 380 g/mol. The number of hydrogen-bond donors (Lipinski definition) is 1. The number of rotatable bonds is 4. The number of nitrogens with one attached hydrogen (secondary N) is 1. The molecule has 0 saturated carbocycles. The van der Waals surface area contributed by atoms with Crippen molar-refractivity contribution in [2.75, 3.05) is 25.5 Å². The van der Waals surface area contributed by atoms with Crippen LogP contribution in [-0.2, 0) is 14.8 Å². The van der Waals surface area contributed by atoms with Crippen LogP contribution < -0.4 is 5.32 Å². The van der Waals surface area contributed by atoms with Gasteiger partial charge in [-0.05, 0) is 65.4 Å². The number of nitrogens with zero attached hydrogens (tertiary/aromatic N) is 1. The van der Waals surface area contributed by atoms with Crippen LogP contribution in [-0.4, -0.2) is 39.0 Å². The summed E-state index contributed by atoms with van der Waals surface area (Å²) < 4.78 is 31.6. The van der Waals surface area contributed by atoms with Crippen molar-refractivity contribution in [3.8, 4) is 0 Å². The van der Waals surface area contributed by atoms with Gasteiger partial charge in [0.05, 0.1) is 12.0 Å². The fourth-order valence-electron chi connectivity index (χ4n) is 2.96. The number of hydrogen-bond acceptors (Lipinski definition) is 5. The average molecular weight is 380 g/mol. The molecule has 1 N–H and O–H groups in total. The van der Waals surface area contributed by atoms with Crippen molar-refractivity contribution in [1.82, 2.24) is 4.31 Å². The lowest BCUT2D eigenvalue weighted by atomic mass is 9.92. The van der Waals surface area contributed by atoms with Crippen LogP contribution in [0.1, 0.15) is 24.3 Å². The normalized spacial score (nSPS) is 16.5.